The van der Waals surface area contributed by atoms with Crippen LogP contribution in [0.15, 0.2) is 41.3 Å². The van der Waals surface area contributed by atoms with Crippen molar-refractivity contribution >= 4 is 5.91 Å². The van der Waals surface area contributed by atoms with E-state index in [-0.39, 0.29) is 29.9 Å². The van der Waals surface area contributed by atoms with Crippen LogP contribution in [-0.2, 0) is 22.4 Å². The largest absolute Gasteiger partial charge is 0.494 e. The number of morpholine rings is 1. The van der Waals surface area contributed by atoms with Gasteiger partial charge in [-0.15, -0.1) is 5.10 Å². The Balaban J connectivity index is 1.41. The highest BCUT2D eigenvalue weighted by Crippen LogP contribution is 2.28. The summed E-state index contributed by atoms with van der Waals surface area (Å²) in [5.41, 5.74) is 0.881. The molecule has 202 valence electrons. The van der Waals surface area contributed by atoms with Crippen molar-refractivity contribution < 1.29 is 18.7 Å². The summed E-state index contributed by atoms with van der Waals surface area (Å²) in [6.07, 6.45) is 4.84. The molecule has 2 bridgehead atoms. The van der Waals surface area contributed by atoms with Crippen molar-refractivity contribution in [2.24, 2.45) is 0 Å². The van der Waals surface area contributed by atoms with Crippen LogP contribution in [0, 0.1) is 5.82 Å². The fraction of sp³-hybridized carbons (Fsp3) is 0.481. The van der Waals surface area contributed by atoms with Gasteiger partial charge in [0.05, 0.1) is 32.4 Å². The zero-order chi connectivity index (χ0) is 26.8. The molecule has 0 aliphatic carbocycles. The molecule has 2 fully saturated rings. The Kier molecular flexibility index (Phi) is 7.57. The number of hydrogen-bond donors (Lipinski definition) is 1. The summed E-state index contributed by atoms with van der Waals surface area (Å²) in [4.78, 5) is 33.1. The number of carbonyl (C=O) groups is 1. The first-order valence-corrected chi connectivity index (χ1v) is 13.0. The number of carbonyl (C=O) groups excluding carboxylic acids is 1. The van der Waals surface area contributed by atoms with Crippen LogP contribution in [0.2, 0.25) is 0 Å². The minimum Gasteiger partial charge on any atom is -0.494 e. The molecule has 2 saturated heterocycles. The lowest BCUT2D eigenvalue weighted by atomic mass is 10.1. The number of nitrogens with zero attached hydrogens (tertiary/aromatic N) is 5. The molecular formula is C27H33FN6O4. The molecule has 2 aliphatic heterocycles. The number of amides is 1. The summed E-state index contributed by atoms with van der Waals surface area (Å²) in [5, 5.41) is 7.26. The first kappa shape index (κ1) is 26.1. The number of aromatic nitrogens is 4. The van der Waals surface area contributed by atoms with E-state index in [2.05, 4.69) is 20.3 Å². The molecular weight excluding hydrogens is 491 g/mol. The maximum atomic E-state index is 14.1. The first-order valence-electron chi connectivity index (χ1n) is 13.0. The molecule has 11 heteroatoms. The van der Waals surface area contributed by atoms with E-state index in [9.17, 15) is 14.0 Å². The first-order chi connectivity index (χ1) is 18.3. The van der Waals surface area contributed by atoms with Crippen LogP contribution >= 0.6 is 0 Å². The molecule has 38 heavy (non-hydrogen) atoms. The quantitative estimate of drug-likeness (QED) is 0.457. The second kappa shape index (κ2) is 11.0. The molecule has 2 aliphatic rings. The Hall–Kier alpha value is -3.57. The van der Waals surface area contributed by atoms with E-state index >= 15 is 0 Å². The lowest BCUT2D eigenvalue weighted by Crippen LogP contribution is -2.46. The number of pyridine rings is 1. The van der Waals surface area contributed by atoms with Gasteiger partial charge in [-0.05, 0) is 56.9 Å². The molecule has 0 saturated carbocycles. The van der Waals surface area contributed by atoms with Crippen LogP contribution in [-0.4, -0.2) is 75.1 Å². The van der Waals surface area contributed by atoms with Gasteiger partial charge in [0.2, 0.25) is 5.91 Å². The minimum absolute atomic E-state index is 0.0177. The Morgan fingerprint density at radius 3 is 2.63 bits per heavy atom. The highest BCUT2D eigenvalue weighted by atomic mass is 19.1. The van der Waals surface area contributed by atoms with Gasteiger partial charge in [0.1, 0.15) is 5.82 Å². The van der Waals surface area contributed by atoms with E-state index in [1.807, 2.05) is 19.9 Å². The van der Waals surface area contributed by atoms with Crippen LogP contribution < -0.4 is 15.7 Å². The zero-order valence-corrected chi connectivity index (χ0v) is 21.9. The molecule has 4 heterocycles. The third-order valence-electron chi connectivity index (χ3n) is 7.08. The van der Waals surface area contributed by atoms with Crippen LogP contribution in [0.25, 0.3) is 11.5 Å². The Morgan fingerprint density at radius 1 is 1.21 bits per heavy atom. The second-order valence-corrected chi connectivity index (χ2v) is 10.1. The normalized spacial score (nSPS) is 19.2. The highest BCUT2D eigenvalue weighted by molar-refractivity contribution is 5.78. The van der Waals surface area contributed by atoms with Crippen LogP contribution in [0.5, 0.6) is 5.75 Å². The summed E-state index contributed by atoms with van der Waals surface area (Å²) >= 11 is 0. The summed E-state index contributed by atoms with van der Waals surface area (Å²) in [6.45, 7) is 6.25. The fourth-order valence-electron chi connectivity index (χ4n) is 5.26. The minimum atomic E-state index is -0.557. The lowest BCUT2D eigenvalue weighted by Gasteiger charge is -2.34. The van der Waals surface area contributed by atoms with Crippen molar-refractivity contribution in [3.63, 3.8) is 0 Å². The molecule has 1 N–H and O–H groups in total. The third kappa shape index (κ3) is 5.34. The van der Waals surface area contributed by atoms with Crippen LogP contribution in [0.4, 0.5) is 4.39 Å². The van der Waals surface area contributed by atoms with Gasteiger partial charge in [-0.1, -0.05) is 6.07 Å². The predicted octanol–water partition coefficient (Wildman–Crippen LogP) is 2.04. The SMILES string of the molecule is COc1cc(-n2c(CC(=O)NC(C)C)nn(-c3ccc(CCN4C5CCC4COC5)cn3)c2=O)ccc1F. The number of hydrogen-bond acceptors (Lipinski definition) is 7. The molecule has 2 aromatic heterocycles. The third-order valence-corrected chi connectivity index (χ3v) is 7.08. The molecule has 10 nitrogen and oxygen atoms in total. The van der Waals surface area contributed by atoms with Gasteiger partial charge >= 0.3 is 5.69 Å². The number of rotatable bonds is 9. The van der Waals surface area contributed by atoms with Crippen molar-refractivity contribution in [2.75, 3.05) is 26.9 Å². The number of nitrogens with one attached hydrogen (secondary N) is 1. The van der Waals surface area contributed by atoms with Gasteiger partial charge in [0, 0.05) is 36.9 Å². The highest BCUT2D eigenvalue weighted by Gasteiger charge is 2.36. The summed E-state index contributed by atoms with van der Waals surface area (Å²) < 4.78 is 27.3. The lowest BCUT2D eigenvalue weighted by molar-refractivity contribution is -0.121. The van der Waals surface area contributed by atoms with E-state index in [1.165, 1.54) is 47.4 Å². The van der Waals surface area contributed by atoms with Crippen molar-refractivity contribution in [2.45, 2.75) is 57.7 Å². The average Bonchev–Trinajstić information content (AvgIpc) is 3.32. The van der Waals surface area contributed by atoms with Crippen molar-refractivity contribution in [1.29, 1.82) is 0 Å². The van der Waals surface area contributed by atoms with E-state index in [1.54, 1.807) is 12.3 Å². The summed E-state index contributed by atoms with van der Waals surface area (Å²) in [6, 6.07) is 8.70. The van der Waals surface area contributed by atoms with Gasteiger partial charge in [-0.3, -0.25) is 9.69 Å². The standard InChI is InChI=1S/C27H33FN6O4/c1-17(2)30-26(35)13-25-31-34(27(36)33(25)19-7-8-22(28)23(12-19)37-3)24-9-4-18(14-29-24)10-11-32-20-5-6-21(32)16-38-15-20/h4,7-9,12,14,17,20-21H,5-6,10-11,13,15-16H2,1-3H3,(H,30,35). The molecule has 3 aromatic rings. The maximum absolute atomic E-state index is 14.1. The van der Waals surface area contributed by atoms with Gasteiger partial charge in [0.15, 0.2) is 17.4 Å². The Labute approximate surface area is 220 Å². The van der Waals surface area contributed by atoms with E-state index in [0.717, 1.165) is 31.7 Å². The molecule has 5 rings (SSSR count). The van der Waals surface area contributed by atoms with Gasteiger partial charge in [0.25, 0.3) is 0 Å². The number of fused-ring (bicyclic) bond motifs is 2. The summed E-state index contributed by atoms with van der Waals surface area (Å²) in [5.74, 6) is -0.319. The molecule has 1 amide bonds. The van der Waals surface area contributed by atoms with Crippen molar-refractivity contribution in [3.05, 3.63) is 64.2 Å². The van der Waals surface area contributed by atoms with Gasteiger partial charge in [-0.2, -0.15) is 4.68 Å². The second-order valence-electron chi connectivity index (χ2n) is 10.1. The Bertz CT molecular complexity index is 1340. The average molecular weight is 525 g/mol. The number of ether oxygens (including phenoxy) is 2. The van der Waals surface area contributed by atoms with E-state index in [4.69, 9.17) is 9.47 Å². The smallest absolute Gasteiger partial charge is 0.356 e. The molecule has 0 radical (unpaired) electrons. The van der Waals surface area contributed by atoms with E-state index in [0.29, 0.717) is 23.6 Å². The van der Waals surface area contributed by atoms with Crippen LogP contribution in [0.3, 0.4) is 0 Å². The number of halogens is 1. The van der Waals surface area contributed by atoms with Crippen molar-refractivity contribution in [1.82, 2.24) is 29.5 Å². The molecule has 0 spiro atoms. The maximum Gasteiger partial charge on any atom is 0.356 e. The Morgan fingerprint density at radius 2 is 1.97 bits per heavy atom. The monoisotopic (exact) mass is 524 g/mol. The molecule has 2 unspecified atom stereocenters. The fourth-order valence-corrected chi connectivity index (χ4v) is 5.26. The summed E-state index contributed by atoms with van der Waals surface area (Å²) in [7, 11) is 1.35. The molecule has 2 atom stereocenters. The topological polar surface area (TPSA) is 104 Å². The predicted molar refractivity (Wildman–Crippen MR) is 138 cm³/mol. The number of methoxy groups -OCH3 is 1. The number of benzene rings is 1. The van der Waals surface area contributed by atoms with Gasteiger partial charge < -0.3 is 14.8 Å². The van der Waals surface area contributed by atoms with Gasteiger partial charge in [-0.25, -0.2) is 18.7 Å². The zero-order valence-electron chi connectivity index (χ0n) is 21.9. The molecule has 1 aromatic carbocycles. The van der Waals surface area contributed by atoms with Crippen LogP contribution in [0.1, 0.15) is 38.1 Å². The van der Waals surface area contributed by atoms with E-state index < -0.39 is 11.5 Å². The van der Waals surface area contributed by atoms with Crippen molar-refractivity contribution in [3.8, 4) is 17.3 Å².